The highest BCUT2D eigenvalue weighted by Crippen LogP contribution is 2.32. The molecule has 0 aliphatic heterocycles. The van der Waals surface area contributed by atoms with Crippen LogP contribution in [0.3, 0.4) is 0 Å². The maximum absolute atomic E-state index is 6.02. The molecule has 1 fully saturated rings. The molecule has 1 aliphatic carbocycles. The van der Waals surface area contributed by atoms with Gasteiger partial charge in [0.2, 0.25) is 0 Å². The lowest BCUT2D eigenvalue weighted by Crippen LogP contribution is -2.41. The van der Waals surface area contributed by atoms with Crippen molar-refractivity contribution in [2.24, 2.45) is 0 Å². The molecule has 1 saturated carbocycles. The van der Waals surface area contributed by atoms with Crippen LogP contribution in [0.4, 0.5) is 0 Å². The van der Waals surface area contributed by atoms with Crippen LogP contribution in [-0.4, -0.2) is 25.3 Å². The Morgan fingerprint density at radius 2 is 1.86 bits per heavy atom. The van der Waals surface area contributed by atoms with Crippen LogP contribution in [0.2, 0.25) is 0 Å². The molecule has 0 aromatic carbocycles. The van der Waals surface area contributed by atoms with Crippen LogP contribution >= 0.6 is 0 Å². The van der Waals surface area contributed by atoms with Crippen LogP contribution in [-0.2, 0) is 4.74 Å². The van der Waals surface area contributed by atoms with Crippen molar-refractivity contribution in [3.8, 4) is 0 Å². The molecule has 0 atom stereocenters. The first-order chi connectivity index (χ1) is 6.83. The van der Waals surface area contributed by atoms with Gasteiger partial charge in [-0.2, -0.15) is 0 Å². The summed E-state index contributed by atoms with van der Waals surface area (Å²) in [6.07, 6.45) is 7.54. The molecule has 0 heterocycles. The predicted molar refractivity (Wildman–Crippen MR) is 60.6 cm³/mol. The van der Waals surface area contributed by atoms with E-state index in [2.05, 4.69) is 19.2 Å². The fraction of sp³-hybridized carbons (Fsp3) is 1.00. The number of hydrogen-bond donors (Lipinski definition) is 1. The zero-order valence-corrected chi connectivity index (χ0v) is 9.77. The summed E-state index contributed by atoms with van der Waals surface area (Å²) in [4.78, 5) is 0. The molecule has 14 heavy (non-hydrogen) atoms. The summed E-state index contributed by atoms with van der Waals surface area (Å²) in [5, 5.41) is 3.50. The van der Waals surface area contributed by atoms with Crippen LogP contribution in [0.5, 0.6) is 0 Å². The first-order valence-electron chi connectivity index (χ1n) is 6.17. The molecule has 0 unspecified atom stereocenters. The second-order valence-electron chi connectivity index (χ2n) is 4.42. The molecule has 0 spiro atoms. The molecule has 1 N–H and O–H groups in total. The third kappa shape index (κ3) is 3.58. The first-order valence-corrected chi connectivity index (χ1v) is 6.17. The normalized spacial score (nSPS) is 20.1. The Morgan fingerprint density at radius 3 is 2.43 bits per heavy atom. The van der Waals surface area contributed by atoms with Crippen LogP contribution in [0.1, 0.15) is 52.4 Å². The molecule has 2 nitrogen and oxygen atoms in total. The predicted octanol–water partition coefficient (Wildman–Crippen LogP) is 2.73. The van der Waals surface area contributed by atoms with Crippen LogP contribution in [0.15, 0.2) is 0 Å². The van der Waals surface area contributed by atoms with Gasteiger partial charge in [-0.1, -0.05) is 26.7 Å². The zero-order valence-electron chi connectivity index (χ0n) is 9.77. The summed E-state index contributed by atoms with van der Waals surface area (Å²) in [5.74, 6) is 0. The number of rotatable bonds is 7. The van der Waals surface area contributed by atoms with Crippen molar-refractivity contribution in [2.45, 2.75) is 58.0 Å². The molecule has 84 valence electrons. The summed E-state index contributed by atoms with van der Waals surface area (Å²) in [6.45, 7) is 7.50. The van der Waals surface area contributed by atoms with Crippen molar-refractivity contribution in [3.63, 3.8) is 0 Å². The molecule has 0 radical (unpaired) electrons. The monoisotopic (exact) mass is 199 g/mol. The summed E-state index contributed by atoms with van der Waals surface area (Å²) >= 11 is 0. The number of ether oxygens (including phenoxy) is 1. The Bertz CT molecular complexity index is 141. The van der Waals surface area contributed by atoms with E-state index in [0.717, 1.165) is 26.1 Å². The fourth-order valence-corrected chi connectivity index (χ4v) is 2.20. The van der Waals surface area contributed by atoms with E-state index in [1.165, 1.54) is 32.1 Å². The maximum atomic E-state index is 6.02. The summed E-state index contributed by atoms with van der Waals surface area (Å²) in [5.41, 5.74) is 0.186. The van der Waals surface area contributed by atoms with Gasteiger partial charge in [-0.15, -0.1) is 0 Å². The van der Waals surface area contributed by atoms with Gasteiger partial charge in [0.25, 0.3) is 0 Å². The maximum Gasteiger partial charge on any atom is 0.0806 e. The van der Waals surface area contributed by atoms with E-state index >= 15 is 0 Å². The molecule has 0 bridgehead atoms. The summed E-state index contributed by atoms with van der Waals surface area (Å²) in [6, 6.07) is 0. The quantitative estimate of drug-likeness (QED) is 0.637. The number of nitrogens with one attached hydrogen (secondary N) is 1. The highest BCUT2D eigenvalue weighted by molar-refractivity contribution is 4.88. The SMILES string of the molecule is CCCNCC1(OCCC)CCCC1. The first kappa shape index (κ1) is 12.0. The van der Waals surface area contributed by atoms with Gasteiger partial charge in [-0.25, -0.2) is 0 Å². The Hall–Kier alpha value is -0.0800. The molecule has 0 aromatic rings. The van der Waals surface area contributed by atoms with Gasteiger partial charge in [-0.05, 0) is 32.2 Å². The van der Waals surface area contributed by atoms with Crippen molar-refractivity contribution < 1.29 is 4.74 Å². The highest BCUT2D eigenvalue weighted by Gasteiger charge is 2.33. The molecule has 1 aliphatic rings. The van der Waals surface area contributed by atoms with E-state index < -0.39 is 0 Å². The molecule has 2 heteroatoms. The van der Waals surface area contributed by atoms with Gasteiger partial charge < -0.3 is 10.1 Å². The lowest BCUT2D eigenvalue weighted by molar-refractivity contribution is -0.0388. The van der Waals surface area contributed by atoms with E-state index in [4.69, 9.17) is 4.74 Å². The lowest BCUT2D eigenvalue weighted by Gasteiger charge is -2.29. The molecule has 0 aromatic heterocycles. The highest BCUT2D eigenvalue weighted by atomic mass is 16.5. The third-order valence-electron chi connectivity index (χ3n) is 3.00. The third-order valence-corrected chi connectivity index (χ3v) is 3.00. The van der Waals surface area contributed by atoms with Crippen molar-refractivity contribution in [1.29, 1.82) is 0 Å². The van der Waals surface area contributed by atoms with Crippen LogP contribution in [0.25, 0.3) is 0 Å². The van der Waals surface area contributed by atoms with Gasteiger partial charge in [0.15, 0.2) is 0 Å². The summed E-state index contributed by atoms with van der Waals surface area (Å²) < 4.78 is 6.02. The molecule has 1 rings (SSSR count). The van der Waals surface area contributed by atoms with Crippen LogP contribution < -0.4 is 5.32 Å². The minimum Gasteiger partial charge on any atom is -0.374 e. The Labute approximate surface area is 88.4 Å². The lowest BCUT2D eigenvalue weighted by atomic mass is 10.0. The molecular weight excluding hydrogens is 174 g/mol. The van der Waals surface area contributed by atoms with E-state index in [1.807, 2.05) is 0 Å². The van der Waals surface area contributed by atoms with Crippen molar-refractivity contribution in [3.05, 3.63) is 0 Å². The van der Waals surface area contributed by atoms with E-state index in [9.17, 15) is 0 Å². The minimum absolute atomic E-state index is 0.186. The topological polar surface area (TPSA) is 21.3 Å². The van der Waals surface area contributed by atoms with E-state index in [-0.39, 0.29) is 5.60 Å². The Kier molecular flexibility index (Phi) is 5.49. The van der Waals surface area contributed by atoms with Crippen molar-refractivity contribution in [2.75, 3.05) is 19.7 Å². The van der Waals surface area contributed by atoms with Crippen molar-refractivity contribution >= 4 is 0 Å². The van der Waals surface area contributed by atoms with Gasteiger partial charge in [-0.3, -0.25) is 0 Å². The molecular formula is C12H25NO. The largest absolute Gasteiger partial charge is 0.374 e. The van der Waals surface area contributed by atoms with E-state index in [0.29, 0.717) is 0 Å². The number of hydrogen-bond acceptors (Lipinski definition) is 2. The standard InChI is InChI=1S/C12H25NO/c1-3-9-13-11-12(14-10-4-2)7-5-6-8-12/h13H,3-11H2,1-2H3. The second kappa shape index (κ2) is 6.41. The smallest absolute Gasteiger partial charge is 0.0806 e. The van der Waals surface area contributed by atoms with Crippen LogP contribution in [0, 0.1) is 0 Å². The van der Waals surface area contributed by atoms with E-state index in [1.54, 1.807) is 0 Å². The van der Waals surface area contributed by atoms with Gasteiger partial charge in [0.1, 0.15) is 0 Å². The average molecular weight is 199 g/mol. The van der Waals surface area contributed by atoms with Gasteiger partial charge in [0, 0.05) is 13.2 Å². The Morgan fingerprint density at radius 1 is 1.14 bits per heavy atom. The minimum atomic E-state index is 0.186. The summed E-state index contributed by atoms with van der Waals surface area (Å²) in [7, 11) is 0. The average Bonchev–Trinajstić information content (AvgIpc) is 2.65. The zero-order chi connectivity index (χ0) is 10.3. The molecule has 0 saturated heterocycles. The Balaban J connectivity index is 2.28. The van der Waals surface area contributed by atoms with Gasteiger partial charge in [0.05, 0.1) is 5.60 Å². The molecule has 0 amide bonds. The second-order valence-corrected chi connectivity index (χ2v) is 4.42. The fourth-order valence-electron chi connectivity index (χ4n) is 2.20. The van der Waals surface area contributed by atoms with Gasteiger partial charge >= 0.3 is 0 Å². The van der Waals surface area contributed by atoms with Crippen molar-refractivity contribution in [1.82, 2.24) is 5.32 Å².